The van der Waals surface area contributed by atoms with E-state index in [-0.39, 0.29) is 29.9 Å². The van der Waals surface area contributed by atoms with Crippen LogP contribution in [-0.2, 0) is 9.53 Å². The van der Waals surface area contributed by atoms with E-state index >= 15 is 0 Å². The Morgan fingerprint density at radius 3 is 2.86 bits per heavy atom. The third kappa shape index (κ3) is 8.77. The highest BCUT2D eigenvalue weighted by Crippen LogP contribution is 2.19. The number of aliphatic imine (C=N–C) groups is 1. The zero-order valence-corrected chi connectivity index (χ0v) is 16.2. The number of piperidine rings is 1. The number of nitrogens with two attached hydrogens (primary N) is 1. The van der Waals surface area contributed by atoms with Crippen LogP contribution in [0.4, 0.5) is 0 Å². The lowest BCUT2D eigenvalue weighted by Gasteiger charge is -2.34. The Morgan fingerprint density at radius 2 is 2.23 bits per heavy atom. The van der Waals surface area contributed by atoms with Crippen molar-refractivity contribution in [2.75, 3.05) is 39.9 Å². The molecule has 1 rings (SSSR count). The molecule has 1 heterocycles. The quantitative estimate of drug-likeness (QED) is 0.267. The first-order valence-electron chi connectivity index (χ1n) is 7.99. The highest BCUT2D eigenvalue weighted by Gasteiger charge is 2.23. The molecule has 22 heavy (non-hydrogen) atoms. The third-order valence-electron chi connectivity index (χ3n) is 3.69. The van der Waals surface area contributed by atoms with Crippen molar-refractivity contribution in [3.05, 3.63) is 0 Å². The number of amides is 1. The molecule has 6 nitrogen and oxygen atoms in total. The molecule has 7 heteroatoms. The maximum Gasteiger partial charge on any atom is 0.217 e. The third-order valence-corrected chi connectivity index (χ3v) is 3.69. The summed E-state index contributed by atoms with van der Waals surface area (Å²) in [6.07, 6.45) is 4.87. The normalized spacial score (nSPS) is 18.7. The highest BCUT2D eigenvalue weighted by atomic mass is 127. The molecular weight excluding hydrogens is 395 g/mol. The van der Waals surface area contributed by atoms with E-state index in [9.17, 15) is 4.79 Å². The van der Waals surface area contributed by atoms with Gasteiger partial charge in [0.1, 0.15) is 0 Å². The Bertz CT molecular complexity index is 340. The largest absolute Gasteiger partial charge is 0.380 e. The first kappa shape index (κ1) is 21.4. The van der Waals surface area contributed by atoms with Crippen molar-refractivity contribution in [1.29, 1.82) is 0 Å². The van der Waals surface area contributed by atoms with Crippen LogP contribution in [0.3, 0.4) is 0 Å². The minimum Gasteiger partial charge on any atom is -0.380 e. The lowest BCUT2D eigenvalue weighted by Crippen LogP contribution is -2.47. The van der Waals surface area contributed by atoms with Crippen molar-refractivity contribution in [2.45, 2.75) is 39.0 Å². The van der Waals surface area contributed by atoms with Crippen LogP contribution in [0.25, 0.3) is 0 Å². The molecule has 0 spiro atoms. The number of rotatable bonds is 8. The number of likely N-dealkylation sites (tertiary alicyclic amines) is 1. The number of hydrogen-bond acceptors (Lipinski definition) is 3. The van der Waals surface area contributed by atoms with Gasteiger partial charge in [-0.25, -0.2) is 0 Å². The van der Waals surface area contributed by atoms with E-state index in [1.54, 1.807) is 7.05 Å². The Morgan fingerprint density at radius 1 is 1.45 bits per heavy atom. The second-order valence-electron chi connectivity index (χ2n) is 5.56. The van der Waals surface area contributed by atoms with Crippen molar-refractivity contribution in [2.24, 2.45) is 16.6 Å². The first-order chi connectivity index (χ1) is 10.2. The Kier molecular flexibility index (Phi) is 12.6. The van der Waals surface area contributed by atoms with Crippen LogP contribution >= 0.6 is 24.0 Å². The Balaban J connectivity index is 0.00000441. The predicted molar refractivity (Wildman–Crippen MR) is 101 cm³/mol. The molecule has 1 atom stereocenters. The molecule has 1 aliphatic heterocycles. The van der Waals surface area contributed by atoms with Crippen LogP contribution in [0.5, 0.6) is 0 Å². The lowest BCUT2D eigenvalue weighted by molar-refractivity contribution is -0.119. The van der Waals surface area contributed by atoms with Gasteiger partial charge in [-0.3, -0.25) is 9.79 Å². The number of nitrogens with one attached hydrogen (secondary N) is 1. The topological polar surface area (TPSA) is 79.9 Å². The van der Waals surface area contributed by atoms with Crippen molar-refractivity contribution >= 4 is 35.8 Å². The molecule has 1 fully saturated rings. The molecule has 1 amide bonds. The standard InChI is InChI=1S/C15H30N4O2.HI/c1-3-4-9-21-10-7-18-15(17-2)19-8-5-6-13(12-19)11-14(16)20;/h13H,3-12H2,1-2H3,(H2,16,20)(H,17,18);1H. The van der Waals surface area contributed by atoms with E-state index in [1.807, 2.05) is 0 Å². The fourth-order valence-electron chi connectivity index (χ4n) is 2.62. The molecule has 130 valence electrons. The van der Waals surface area contributed by atoms with Crippen LogP contribution in [0.2, 0.25) is 0 Å². The molecular formula is C15H31IN4O2. The number of unbranched alkanes of at least 4 members (excludes halogenated alkanes) is 1. The fraction of sp³-hybridized carbons (Fsp3) is 0.867. The molecule has 1 unspecified atom stereocenters. The Hall–Kier alpha value is -0.570. The molecule has 0 aromatic carbocycles. The van der Waals surface area contributed by atoms with Gasteiger partial charge in [0.2, 0.25) is 5.91 Å². The lowest BCUT2D eigenvalue weighted by atomic mass is 9.95. The number of carbonyl (C=O) groups is 1. The maximum atomic E-state index is 11.1. The smallest absolute Gasteiger partial charge is 0.217 e. The van der Waals surface area contributed by atoms with E-state index in [1.165, 1.54) is 0 Å². The minimum atomic E-state index is -0.214. The van der Waals surface area contributed by atoms with E-state index in [0.29, 0.717) is 18.9 Å². The number of ether oxygens (including phenoxy) is 1. The van der Waals surface area contributed by atoms with Gasteiger partial charge >= 0.3 is 0 Å². The number of carbonyl (C=O) groups excluding carboxylic acids is 1. The molecule has 0 aliphatic carbocycles. The Labute approximate surface area is 151 Å². The molecule has 0 aromatic rings. The van der Waals surface area contributed by atoms with Crippen molar-refractivity contribution in [3.63, 3.8) is 0 Å². The second-order valence-corrected chi connectivity index (χ2v) is 5.56. The summed E-state index contributed by atoms with van der Waals surface area (Å²) in [5.41, 5.74) is 5.30. The molecule has 0 aromatic heterocycles. The van der Waals surface area contributed by atoms with Crippen molar-refractivity contribution in [3.8, 4) is 0 Å². The summed E-state index contributed by atoms with van der Waals surface area (Å²) in [5, 5.41) is 3.32. The van der Waals surface area contributed by atoms with Gasteiger partial charge in [-0.05, 0) is 25.2 Å². The van der Waals surface area contributed by atoms with Crippen LogP contribution in [0.15, 0.2) is 4.99 Å². The van der Waals surface area contributed by atoms with Crippen LogP contribution in [0, 0.1) is 5.92 Å². The summed E-state index contributed by atoms with van der Waals surface area (Å²) < 4.78 is 5.53. The van der Waals surface area contributed by atoms with E-state index in [4.69, 9.17) is 10.5 Å². The maximum absolute atomic E-state index is 11.1. The molecule has 0 radical (unpaired) electrons. The second kappa shape index (κ2) is 12.9. The average molecular weight is 426 g/mol. The van der Waals surface area contributed by atoms with Crippen LogP contribution in [0.1, 0.15) is 39.0 Å². The molecule has 1 aliphatic rings. The van der Waals surface area contributed by atoms with Crippen molar-refractivity contribution in [1.82, 2.24) is 10.2 Å². The average Bonchev–Trinajstić information content (AvgIpc) is 2.46. The van der Waals surface area contributed by atoms with Gasteiger partial charge in [-0.15, -0.1) is 24.0 Å². The van der Waals surface area contributed by atoms with E-state index < -0.39 is 0 Å². The number of halogens is 1. The molecule has 1 saturated heterocycles. The summed E-state index contributed by atoms with van der Waals surface area (Å²) in [7, 11) is 1.79. The zero-order valence-electron chi connectivity index (χ0n) is 13.8. The number of guanidine groups is 1. The van der Waals surface area contributed by atoms with Gasteiger partial charge in [-0.1, -0.05) is 13.3 Å². The van der Waals surface area contributed by atoms with Gasteiger partial charge in [-0.2, -0.15) is 0 Å². The number of primary amides is 1. The first-order valence-corrected chi connectivity index (χ1v) is 7.99. The summed E-state index contributed by atoms with van der Waals surface area (Å²) >= 11 is 0. The van der Waals surface area contributed by atoms with Gasteiger partial charge in [0, 0.05) is 39.7 Å². The van der Waals surface area contributed by atoms with Gasteiger partial charge in [0.25, 0.3) is 0 Å². The van der Waals surface area contributed by atoms with E-state index in [0.717, 1.165) is 57.9 Å². The fourth-order valence-corrected chi connectivity index (χ4v) is 2.62. The van der Waals surface area contributed by atoms with Gasteiger partial charge < -0.3 is 20.7 Å². The highest BCUT2D eigenvalue weighted by molar-refractivity contribution is 14.0. The predicted octanol–water partition coefficient (Wildman–Crippen LogP) is 1.58. The molecule has 0 bridgehead atoms. The van der Waals surface area contributed by atoms with Gasteiger partial charge in [0.15, 0.2) is 5.96 Å². The van der Waals surface area contributed by atoms with Crippen LogP contribution in [-0.4, -0.2) is 56.7 Å². The van der Waals surface area contributed by atoms with Crippen LogP contribution < -0.4 is 11.1 Å². The monoisotopic (exact) mass is 426 g/mol. The SMILES string of the molecule is CCCCOCCNC(=NC)N1CCCC(CC(N)=O)C1.I. The van der Waals surface area contributed by atoms with Crippen molar-refractivity contribution < 1.29 is 9.53 Å². The minimum absolute atomic E-state index is 0. The summed E-state index contributed by atoms with van der Waals surface area (Å²) in [6.45, 7) is 6.25. The zero-order chi connectivity index (χ0) is 15.5. The summed E-state index contributed by atoms with van der Waals surface area (Å²) in [4.78, 5) is 17.6. The summed E-state index contributed by atoms with van der Waals surface area (Å²) in [5.74, 6) is 1.02. The molecule has 0 saturated carbocycles. The van der Waals surface area contributed by atoms with Gasteiger partial charge in [0.05, 0.1) is 6.61 Å². The number of nitrogens with zero attached hydrogens (tertiary/aromatic N) is 2. The van der Waals surface area contributed by atoms with E-state index in [2.05, 4.69) is 22.1 Å². The summed E-state index contributed by atoms with van der Waals surface area (Å²) in [6, 6.07) is 0. The molecule has 3 N–H and O–H groups in total. The number of hydrogen-bond donors (Lipinski definition) is 2.